The number of ether oxygens (including phenoxy) is 2. The van der Waals surface area contributed by atoms with Gasteiger partial charge < -0.3 is 24.7 Å². The minimum Gasteiger partial charge on any atom is -0.449 e. The van der Waals surface area contributed by atoms with E-state index < -0.39 is 35.2 Å². The Balaban J connectivity index is 1.24. The smallest absolute Gasteiger partial charge is 0.410 e. The summed E-state index contributed by atoms with van der Waals surface area (Å²) < 4.78 is 26.9. The Morgan fingerprint density at radius 1 is 1.02 bits per heavy atom. The van der Waals surface area contributed by atoms with E-state index in [0.29, 0.717) is 0 Å². The predicted molar refractivity (Wildman–Crippen MR) is 173 cm³/mol. The average molecular weight is 648 g/mol. The van der Waals surface area contributed by atoms with Crippen LogP contribution in [0.2, 0.25) is 5.02 Å². The summed E-state index contributed by atoms with van der Waals surface area (Å²) in [7, 11) is 0. The van der Waals surface area contributed by atoms with Gasteiger partial charge in [0.2, 0.25) is 0 Å². The maximum atomic E-state index is 14.4. The van der Waals surface area contributed by atoms with Crippen molar-refractivity contribution in [1.82, 2.24) is 19.9 Å². The molecule has 12 heteroatoms. The van der Waals surface area contributed by atoms with E-state index in [1.54, 1.807) is 37.6 Å². The molecule has 1 aliphatic carbocycles. The lowest BCUT2D eigenvalue weighted by Gasteiger charge is -2.38. The Morgan fingerprint density at radius 3 is 2.24 bits per heavy atom. The van der Waals surface area contributed by atoms with E-state index in [2.05, 4.69) is 22.4 Å². The van der Waals surface area contributed by atoms with Crippen molar-refractivity contribution in [3.8, 4) is 11.1 Å². The van der Waals surface area contributed by atoms with Gasteiger partial charge >= 0.3 is 12.2 Å². The largest absolute Gasteiger partial charge is 0.449 e. The number of piperazine rings is 1. The van der Waals surface area contributed by atoms with E-state index >= 15 is 0 Å². The predicted octanol–water partition coefficient (Wildman–Crippen LogP) is 5.98. The molecule has 240 valence electrons. The van der Waals surface area contributed by atoms with E-state index in [1.807, 2.05) is 36.4 Å². The zero-order chi connectivity index (χ0) is 32.7. The molecule has 0 bridgehead atoms. The number of nitrogens with one attached hydrogen (secondary N) is 1. The van der Waals surface area contributed by atoms with Gasteiger partial charge in [-0.05, 0) is 62.1 Å². The molecular weight excluding hydrogens is 613 g/mol. The Labute approximate surface area is 270 Å². The number of hydrogen-bond acceptors (Lipinski definition) is 7. The molecule has 2 amide bonds. The van der Waals surface area contributed by atoms with Gasteiger partial charge in [-0.2, -0.15) is 0 Å². The fraction of sp³-hybridized carbons (Fsp3) is 0.353. The van der Waals surface area contributed by atoms with Crippen LogP contribution in [-0.2, 0) is 9.47 Å². The van der Waals surface area contributed by atoms with Crippen molar-refractivity contribution in [2.45, 2.75) is 45.3 Å². The van der Waals surface area contributed by atoms with Crippen LogP contribution in [0.3, 0.4) is 0 Å². The van der Waals surface area contributed by atoms with Crippen molar-refractivity contribution in [2.24, 2.45) is 0 Å². The summed E-state index contributed by atoms with van der Waals surface area (Å²) in [5.41, 5.74) is 3.32. The average Bonchev–Trinajstić information content (AvgIpc) is 3.33. The summed E-state index contributed by atoms with van der Waals surface area (Å²) in [4.78, 5) is 45.9. The summed E-state index contributed by atoms with van der Waals surface area (Å²) in [5.74, 6) is -0.610. The molecule has 0 saturated carbocycles. The van der Waals surface area contributed by atoms with Crippen molar-refractivity contribution in [1.29, 1.82) is 0 Å². The quantitative estimate of drug-likeness (QED) is 0.284. The van der Waals surface area contributed by atoms with Crippen LogP contribution in [0.5, 0.6) is 0 Å². The summed E-state index contributed by atoms with van der Waals surface area (Å²) in [6.45, 7) is 8.25. The van der Waals surface area contributed by atoms with Gasteiger partial charge in [0.05, 0.1) is 35.1 Å². The van der Waals surface area contributed by atoms with E-state index in [4.69, 9.17) is 21.1 Å². The Hall–Kier alpha value is -4.64. The van der Waals surface area contributed by atoms with E-state index in [9.17, 15) is 18.8 Å². The lowest BCUT2D eigenvalue weighted by atomic mass is 9.98. The molecule has 10 nitrogen and oxygen atoms in total. The van der Waals surface area contributed by atoms with Gasteiger partial charge in [0, 0.05) is 19.0 Å². The minimum absolute atomic E-state index is 0.00309. The molecule has 0 radical (unpaired) electrons. The second kappa shape index (κ2) is 12.3. The first-order chi connectivity index (χ1) is 21.9. The molecule has 1 atom stereocenters. The molecule has 1 saturated heterocycles. The number of hydrogen-bond donors (Lipinski definition) is 1. The van der Waals surface area contributed by atoms with E-state index in [0.717, 1.165) is 34.4 Å². The number of carbonyl (C=O) groups excluding carboxylic acids is 2. The number of rotatable bonds is 5. The third kappa shape index (κ3) is 6.11. The molecule has 0 spiro atoms. The Bertz CT molecular complexity index is 1840. The van der Waals surface area contributed by atoms with Crippen molar-refractivity contribution in [3.63, 3.8) is 0 Å². The summed E-state index contributed by atoms with van der Waals surface area (Å²) in [5, 5.41) is 4.51. The normalized spacial score (nSPS) is 15.3. The highest BCUT2D eigenvalue weighted by molar-refractivity contribution is 6.35. The van der Waals surface area contributed by atoms with Crippen molar-refractivity contribution in [3.05, 3.63) is 98.8 Å². The van der Waals surface area contributed by atoms with Gasteiger partial charge in [-0.3, -0.25) is 4.79 Å². The molecule has 2 aliphatic rings. The van der Waals surface area contributed by atoms with Gasteiger partial charge in [-0.15, -0.1) is 0 Å². The minimum atomic E-state index is -0.808. The summed E-state index contributed by atoms with van der Waals surface area (Å²) in [6.07, 6.45) is -1.13. The van der Waals surface area contributed by atoms with Crippen LogP contribution in [0.4, 0.5) is 14.0 Å². The molecule has 1 aromatic heterocycles. The van der Waals surface area contributed by atoms with Crippen LogP contribution in [0.25, 0.3) is 22.0 Å². The summed E-state index contributed by atoms with van der Waals surface area (Å²) >= 11 is 6.33. The third-order valence-electron chi connectivity index (χ3n) is 8.15. The molecule has 3 aromatic carbocycles. The molecule has 1 fully saturated rings. The zero-order valence-electron chi connectivity index (χ0n) is 26.0. The van der Waals surface area contributed by atoms with Crippen LogP contribution in [0.1, 0.15) is 56.6 Å². The highest BCUT2D eigenvalue weighted by atomic mass is 35.5. The van der Waals surface area contributed by atoms with Crippen LogP contribution in [0, 0.1) is 5.82 Å². The van der Waals surface area contributed by atoms with Crippen LogP contribution >= 0.6 is 11.6 Å². The van der Waals surface area contributed by atoms with Gasteiger partial charge in [-0.1, -0.05) is 60.1 Å². The number of nitrogens with zero attached hydrogens (tertiary/aromatic N) is 4. The Morgan fingerprint density at radius 2 is 1.63 bits per heavy atom. The monoisotopic (exact) mass is 647 g/mol. The Kier molecular flexibility index (Phi) is 8.37. The van der Waals surface area contributed by atoms with Crippen molar-refractivity contribution >= 4 is 34.7 Å². The molecule has 2 heterocycles. The second-order valence-electron chi connectivity index (χ2n) is 12.5. The highest BCUT2D eigenvalue weighted by Crippen LogP contribution is 2.44. The standard InChI is InChI=1S/C34H35ClFN5O5/c1-20(37-32(43)45-19-27-24-11-7-5-9-22(24)23-10-6-8-12-25(23)27)30-38-29-26(17-21(36)18-28(29)35)31(42)41(30)40-15-13-39(14-16-40)33(44)46-34(2,3)4/h5-12,17-18,20,27H,13-16,19H2,1-4H3,(H,37,43). The summed E-state index contributed by atoms with van der Waals surface area (Å²) in [6, 6.07) is 17.5. The molecule has 6 rings (SSSR count). The molecular formula is C34H35ClFN5O5. The zero-order valence-corrected chi connectivity index (χ0v) is 26.8. The first kappa shape index (κ1) is 31.3. The lowest BCUT2D eigenvalue weighted by Crippen LogP contribution is -2.57. The first-order valence-electron chi connectivity index (χ1n) is 15.2. The first-order valence-corrected chi connectivity index (χ1v) is 15.6. The van der Waals surface area contributed by atoms with Gasteiger partial charge in [0.25, 0.3) is 5.56 Å². The number of aromatic nitrogens is 2. The number of fused-ring (bicyclic) bond motifs is 4. The maximum absolute atomic E-state index is 14.4. The molecule has 1 aliphatic heterocycles. The molecule has 4 aromatic rings. The van der Waals surface area contributed by atoms with Crippen molar-refractivity contribution in [2.75, 3.05) is 37.8 Å². The molecule has 1 unspecified atom stereocenters. The second-order valence-corrected chi connectivity index (χ2v) is 12.9. The SMILES string of the molecule is CC(NC(=O)OCC1c2ccccc2-c2ccccc21)c1nc2c(Cl)cc(F)cc2c(=O)n1N1CCN(C(=O)OC(C)(C)C)CC1. The topological polar surface area (TPSA) is 106 Å². The van der Waals surface area contributed by atoms with E-state index in [1.165, 1.54) is 4.68 Å². The number of alkyl carbamates (subject to hydrolysis) is 1. The highest BCUT2D eigenvalue weighted by Gasteiger charge is 2.31. The number of carbonyl (C=O) groups is 2. The third-order valence-corrected chi connectivity index (χ3v) is 8.44. The van der Waals surface area contributed by atoms with Crippen LogP contribution in [0.15, 0.2) is 65.5 Å². The number of amides is 2. The lowest BCUT2D eigenvalue weighted by molar-refractivity contribution is 0.0231. The maximum Gasteiger partial charge on any atom is 0.410 e. The van der Waals surface area contributed by atoms with E-state index in [-0.39, 0.29) is 60.5 Å². The van der Waals surface area contributed by atoms with Crippen LogP contribution in [-0.4, -0.2) is 65.1 Å². The van der Waals surface area contributed by atoms with Crippen molar-refractivity contribution < 1.29 is 23.5 Å². The van der Waals surface area contributed by atoms with Gasteiger partial charge in [-0.25, -0.2) is 23.6 Å². The fourth-order valence-corrected chi connectivity index (χ4v) is 6.31. The van der Waals surface area contributed by atoms with Gasteiger partial charge in [0.15, 0.2) is 5.82 Å². The fourth-order valence-electron chi connectivity index (χ4n) is 6.06. The molecule has 46 heavy (non-hydrogen) atoms. The number of benzene rings is 3. The number of halogens is 2. The van der Waals surface area contributed by atoms with Gasteiger partial charge in [0.1, 0.15) is 18.0 Å². The molecule has 1 N–H and O–H groups in total. The van der Waals surface area contributed by atoms with Crippen LogP contribution < -0.4 is 15.9 Å².